The lowest BCUT2D eigenvalue weighted by atomic mass is 10.0. The first-order valence-electron chi connectivity index (χ1n) is 10.5. The number of carbonyl (C=O) groups excluding carboxylic acids is 1. The second-order valence-electron chi connectivity index (χ2n) is 8.28. The fourth-order valence-corrected chi connectivity index (χ4v) is 3.62. The Morgan fingerprint density at radius 2 is 1.90 bits per heavy atom. The maximum atomic E-state index is 12.4. The third-order valence-corrected chi connectivity index (χ3v) is 5.22. The fraction of sp³-hybridized carbons (Fsp3) is 0.650. The zero-order chi connectivity index (χ0) is 22.4. The maximum absolute atomic E-state index is 12.4. The number of alkyl halides is 3. The van der Waals surface area contributed by atoms with E-state index in [2.05, 4.69) is 36.2 Å². The van der Waals surface area contributed by atoms with Gasteiger partial charge in [-0.25, -0.2) is 4.79 Å². The van der Waals surface area contributed by atoms with Gasteiger partial charge in [0.25, 0.3) is 0 Å². The molecule has 1 aliphatic heterocycles. The normalized spacial score (nSPS) is 24.1. The van der Waals surface area contributed by atoms with Gasteiger partial charge in [0.05, 0.1) is 6.17 Å². The Morgan fingerprint density at radius 3 is 2.52 bits per heavy atom. The Kier molecular flexibility index (Phi) is 7.98. The zero-order valence-corrected chi connectivity index (χ0v) is 17.8. The summed E-state index contributed by atoms with van der Waals surface area (Å²) in [4.78, 5) is 14.5. The lowest BCUT2D eigenvalue weighted by Gasteiger charge is -2.38. The van der Waals surface area contributed by atoms with Crippen LogP contribution in [0.15, 0.2) is 24.3 Å². The molecule has 1 aromatic rings. The minimum absolute atomic E-state index is 0.0816. The Balaban J connectivity index is 1.48. The van der Waals surface area contributed by atoms with Gasteiger partial charge in [0.15, 0.2) is 0 Å². The molecular weight excluding hydrogens is 413 g/mol. The summed E-state index contributed by atoms with van der Waals surface area (Å²) >= 11 is 0. The van der Waals surface area contributed by atoms with Crippen LogP contribution in [0.2, 0.25) is 0 Å². The molecule has 11 heteroatoms. The average molecular weight is 445 g/mol. The molecule has 31 heavy (non-hydrogen) atoms. The maximum Gasteiger partial charge on any atom is 0.573 e. The minimum atomic E-state index is -4.75. The van der Waals surface area contributed by atoms with Crippen LogP contribution < -0.4 is 31.3 Å². The van der Waals surface area contributed by atoms with Gasteiger partial charge in [-0.1, -0.05) is 0 Å². The van der Waals surface area contributed by atoms with Gasteiger partial charge >= 0.3 is 12.4 Å². The van der Waals surface area contributed by atoms with E-state index in [1.54, 1.807) is 0 Å². The Bertz CT molecular complexity index is 712. The number of hydrogen-bond acceptors (Lipinski definition) is 6. The number of carbonyl (C=O) groups is 1. The van der Waals surface area contributed by atoms with Crippen molar-refractivity contribution in [2.75, 3.05) is 32.5 Å². The predicted octanol–water partition coefficient (Wildman–Crippen LogP) is 2.22. The van der Waals surface area contributed by atoms with Gasteiger partial charge in [-0.3, -0.25) is 10.6 Å². The van der Waals surface area contributed by atoms with Gasteiger partial charge in [-0.05, 0) is 83.1 Å². The monoisotopic (exact) mass is 444 g/mol. The first kappa shape index (κ1) is 23.6. The molecule has 3 unspecified atom stereocenters. The quantitative estimate of drug-likeness (QED) is 0.376. The number of anilines is 1. The van der Waals surface area contributed by atoms with Gasteiger partial charge in [0, 0.05) is 11.7 Å². The lowest BCUT2D eigenvalue weighted by molar-refractivity contribution is -0.274. The highest BCUT2D eigenvalue weighted by Crippen LogP contribution is 2.35. The van der Waals surface area contributed by atoms with E-state index in [0.29, 0.717) is 17.6 Å². The van der Waals surface area contributed by atoms with Crippen molar-refractivity contribution in [1.82, 2.24) is 26.2 Å². The third-order valence-electron chi connectivity index (χ3n) is 5.22. The van der Waals surface area contributed by atoms with E-state index in [9.17, 15) is 18.0 Å². The van der Waals surface area contributed by atoms with Crippen LogP contribution in [0.25, 0.3) is 0 Å². The predicted molar refractivity (Wildman–Crippen MR) is 111 cm³/mol. The molecule has 2 aliphatic rings. The molecule has 8 nitrogen and oxygen atoms in total. The molecule has 3 atom stereocenters. The summed E-state index contributed by atoms with van der Waals surface area (Å²) in [5, 5.41) is 15.8. The molecule has 0 spiro atoms. The molecule has 1 aromatic carbocycles. The standard InChI is InChI=1S/C20H31F3N6O2/c1-29(2)11-3-10-24-17-12-16(13-4-5-13)26-18(27-17)28-19(30)25-14-6-8-15(9-7-14)31-20(21,22)23/h6-9,13,16-18,24,26-27H,3-5,10-12H2,1-2H3,(H2,25,28,30). The van der Waals surface area contributed by atoms with Crippen molar-refractivity contribution in [1.29, 1.82) is 0 Å². The van der Waals surface area contributed by atoms with Crippen molar-refractivity contribution < 1.29 is 22.7 Å². The van der Waals surface area contributed by atoms with Crippen LogP contribution in [-0.4, -0.2) is 63.0 Å². The molecule has 1 heterocycles. The number of amides is 2. The van der Waals surface area contributed by atoms with Crippen LogP contribution in [0.4, 0.5) is 23.7 Å². The zero-order valence-electron chi connectivity index (χ0n) is 17.8. The smallest absolute Gasteiger partial charge is 0.406 e. The molecule has 0 radical (unpaired) electrons. The number of ether oxygens (including phenoxy) is 1. The van der Waals surface area contributed by atoms with Crippen LogP contribution in [0.1, 0.15) is 25.7 Å². The molecule has 2 fully saturated rings. The van der Waals surface area contributed by atoms with Crippen LogP contribution in [0.5, 0.6) is 5.75 Å². The van der Waals surface area contributed by atoms with Gasteiger partial charge in [0.1, 0.15) is 12.0 Å². The van der Waals surface area contributed by atoms with E-state index in [-0.39, 0.29) is 11.9 Å². The number of nitrogens with one attached hydrogen (secondary N) is 5. The molecule has 1 aliphatic carbocycles. The van der Waals surface area contributed by atoms with Crippen molar-refractivity contribution >= 4 is 11.7 Å². The van der Waals surface area contributed by atoms with Crippen molar-refractivity contribution in [3.8, 4) is 5.75 Å². The SMILES string of the molecule is CN(C)CCCNC1CC(C2CC2)NC(NC(=O)Nc2ccc(OC(F)(F)F)cc2)N1. The molecule has 3 rings (SSSR count). The highest BCUT2D eigenvalue weighted by molar-refractivity contribution is 5.89. The highest BCUT2D eigenvalue weighted by Gasteiger charge is 2.37. The van der Waals surface area contributed by atoms with Gasteiger partial charge in [-0.2, -0.15) is 0 Å². The number of benzene rings is 1. The molecule has 174 valence electrons. The molecule has 0 aromatic heterocycles. The van der Waals surface area contributed by atoms with E-state index in [1.807, 2.05) is 14.1 Å². The second kappa shape index (κ2) is 10.5. The van der Waals surface area contributed by atoms with E-state index >= 15 is 0 Å². The van der Waals surface area contributed by atoms with Crippen molar-refractivity contribution in [2.45, 2.75) is 50.5 Å². The molecule has 2 amide bonds. The molecule has 1 saturated heterocycles. The third kappa shape index (κ3) is 8.52. The van der Waals surface area contributed by atoms with Gasteiger partial charge in [0.2, 0.25) is 0 Å². The molecule has 0 bridgehead atoms. The van der Waals surface area contributed by atoms with Crippen molar-refractivity contribution in [2.24, 2.45) is 5.92 Å². The summed E-state index contributed by atoms with van der Waals surface area (Å²) in [7, 11) is 4.09. The summed E-state index contributed by atoms with van der Waals surface area (Å²) in [6.07, 6.45) is -0.740. The lowest BCUT2D eigenvalue weighted by Crippen LogP contribution is -2.68. The van der Waals surface area contributed by atoms with Crippen LogP contribution >= 0.6 is 0 Å². The van der Waals surface area contributed by atoms with E-state index < -0.39 is 18.7 Å². The number of hydrogen-bond donors (Lipinski definition) is 5. The summed E-state index contributed by atoms with van der Waals surface area (Å²) in [5.74, 6) is 0.284. The largest absolute Gasteiger partial charge is 0.573 e. The number of nitrogens with zero attached hydrogens (tertiary/aromatic N) is 1. The van der Waals surface area contributed by atoms with Crippen molar-refractivity contribution in [3.05, 3.63) is 24.3 Å². The van der Waals surface area contributed by atoms with Crippen LogP contribution in [0, 0.1) is 5.92 Å². The topological polar surface area (TPSA) is 89.7 Å². The van der Waals surface area contributed by atoms with Gasteiger partial charge in [-0.15, -0.1) is 13.2 Å². The number of halogens is 3. The fourth-order valence-electron chi connectivity index (χ4n) is 3.62. The number of urea groups is 1. The van der Waals surface area contributed by atoms with E-state index in [1.165, 1.54) is 25.0 Å². The molecule has 1 saturated carbocycles. The Labute approximate surface area is 180 Å². The summed E-state index contributed by atoms with van der Waals surface area (Å²) < 4.78 is 40.6. The Hall–Kier alpha value is -2.08. The molecule has 5 N–H and O–H groups in total. The first-order valence-corrected chi connectivity index (χ1v) is 10.5. The summed E-state index contributed by atoms with van der Waals surface area (Å²) in [6, 6.07) is 4.86. The second-order valence-corrected chi connectivity index (χ2v) is 8.28. The summed E-state index contributed by atoms with van der Waals surface area (Å²) in [6.45, 7) is 1.87. The van der Waals surface area contributed by atoms with Crippen LogP contribution in [-0.2, 0) is 0 Å². The summed E-state index contributed by atoms with van der Waals surface area (Å²) in [5.41, 5.74) is 0.361. The van der Waals surface area contributed by atoms with E-state index in [4.69, 9.17) is 0 Å². The average Bonchev–Trinajstić information content (AvgIpc) is 3.51. The molecular formula is C20H31F3N6O2. The van der Waals surface area contributed by atoms with Crippen LogP contribution in [0.3, 0.4) is 0 Å². The first-order chi connectivity index (χ1) is 14.7. The Morgan fingerprint density at radius 1 is 1.19 bits per heavy atom. The van der Waals surface area contributed by atoms with Crippen molar-refractivity contribution in [3.63, 3.8) is 0 Å². The number of rotatable bonds is 9. The highest BCUT2D eigenvalue weighted by atomic mass is 19.4. The van der Waals surface area contributed by atoms with E-state index in [0.717, 1.165) is 38.1 Å². The van der Waals surface area contributed by atoms with Gasteiger partial charge < -0.3 is 25.6 Å². The minimum Gasteiger partial charge on any atom is -0.406 e.